The third kappa shape index (κ3) is 5.15. The zero-order chi connectivity index (χ0) is 14.3. The van der Waals surface area contributed by atoms with E-state index < -0.39 is 12.1 Å². The lowest BCUT2D eigenvalue weighted by atomic mass is 10.1. The molecule has 1 atom stereocenters. The highest BCUT2D eigenvalue weighted by Gasteiger charge is 2.12. The Labute approximate surface area is 112 Å². The van der Waals surface area contributed by atoms with Gasteiger partial charge in [0.15, 0.2) is 11.5 Å². The van der Waals surface area contributed by atoms with Gasteiger partial charge in [-0.3, -0.25) is 0 Å². The molecule has 6 nitrogen and oxygen atoms in total. The molecule has 106 valence electrons. The van der Waals surface area contributed by atoms with Crippen molar-refractivity contribution in [3.8, 4) is 11.5 Å². The van der Waals surface area contributed by atoms with Crippen LogP contribution in [0.25, 0.3) is 0 Å². The van der Waals surface area contributed by atoms with Gasteiger partial charge < -0.3 is 25.0 Å². The molecule has 19 heavy (non-hydrogen) atoms. The van der Waals surface area contributed by atoms with Crippen molar-refractivity contribution >= 4 is 5.97 Å². The average Bonchev–Trinajstić information content (AvgIpc) is 2.84. The molecule has 2 rings (SSSR count). The van der Waals surface area contributed by atoms with Crippen molar-refractivity contribution in [3.05, 3.63) is 23.8 Å². The highest BCUT2D eigenvalue weighted by Crippen LogP contribution is 2.32. The number of aliphatic carboxylic acids is 1. The van der Waals surface area contributed by atoms with Crippen LogP contribution in [0.1, 0.15) is 12.5 Å². The van der Waals surface area contributed by atoms with Crippen LogP contribution in [-0.2, 0) is 11.2 Å². The van der Waals surface area contributed by atoms with Crippen molar-refractivity contribution in [3.63, 3.8) is 0 Å². The van der Waals surface area contributed by atoms with Crippen LogP contribution in [0, 0.1) is 0 Å². The standard InChI is InChI=1S/C10H13NO2.C3H6O3/c1-11-5-4-8-2-3-9-10(6-8)13-7-12-9;1-2(4)3(5)6/h2-3,6,11H,4-5,7H2,1H3;2,4H,1H3,(H,5,6). The molecule has 1 unspecified atom stereocenters. The highest BCUT2D eigenvalue weighted by molar-refractivity contribution is 5.71. The molecule has 0 spiro atoms. The maximum Gasteiger partial charge on any atom is 0.332 e. The molecule has 0 bridgehead atoms. The van der Waals surface area contributed by atoms with E-state index in [0.29, 0.717) is 6.79 Å². The molecule has 6 heteroatoms. The van der Waals surface area contributed by atoms with E-state index in [-0.39, 0.29) is 0 Å². The summed E-state index contributed by atoms with van der Waals surface area (Å²) in [5.41, 5.74) is 1.28. The first-order chi connectivity index (χ1) is 9.04. The van der Waals surface area contributed by atoms with Crippen LogP contribution >= 0.6 is 0 Å². The predicted octanol–water partition coefficient (Wildman–Crippen LogP) is 0.629. The Balaban J connectivity index is 0.000000258. The molecule has 1 aromatic carbocycles. The van der Waals surface area contributed by atoms with E-state index in [1.54, 1.807) is 0 Å². The van der Waals surface area contributed by atoms with Gasteiger partial charge in [0.1, 0.15) is 6.10 Å². The number of fused-ring (bicyclic) bond motifs is 1. The predicted molar refractivity (Wildman–Crippen MR) is 69.5 cm³/mol. The number of ether oxygens (including phenoxy) is 2. The number of nitrogens with one attached hydrogen (secondary N) is 1. The summed E-state index contributed by atoms with van der Waals surface area (Å²) in [5.74, 6) is 0.539. The molecule has 0 aromatic heterocycles. The number of hydrogen-bond acceptors (Lipinski definition) is 5. The van der Waals surface area contributed by atoms with E-state index in [1.807, 2.05) is 19.2 Å². The molecule has 1 aliphatic heterocycles. The Morgan fingerprint density at radius 2 is 2.05 bits per heavy atom. The van der Waals surface area contributed by atoms with Crippen molar-refractivity contribution in [2.24, 2.45) is 0 Å². The van der Waals surface area contributed by atoms with Gasteiger partial charge in [0.2, 0.25) is 6.79 Å². The number of aliphatic hydroxyl groups excluding tert-OH is 1. The Kier molecular flexibility index (Phi) is 6.11. The lowest BCUT2D eigenvalue weighted by molar-refractivity contribution is -0.145. The number of carbonyl (C=O) groups is 1. The number of likely N-dealkylation sites (N-methyl/N-ethyl adjacent to an activating group) is 1. The molecule has 0 saturated heterocycles. The van der Waals surface area contributed by atoms with Gasteiger partial charge in [-0.25, -0.2) is 4.79 Å². The van der Waals surface area contributed by atoms with Gasteiger partial charge in [-0.15, -0.1) is 0 Å². The van der Waals surface area contributed by atoms with Gasteiger partial charge in [0.05, 0.1) is 0 Å². The number of rotatable bonds is 4. The summed E-state index contributed by atoms with van der Waals surface area (Å²) in [6, 6.07) is 6.08. The lowest BCUT2D eigenvalue weighted by Crippen LogP contribution is -2.13. The number of carboxylic acid groups (broad SMARTS) is 1. The van der Waals surface area contributed by atoms with E-state index in [1.165, 1.54) is 12.5 Å². The largest absolute Gasteiger partial charge is 0.479 e. The Hall–Kier alpha value is -1.79. The number of hydrogen-bond donors (Lipinski definition) is 3. The fraction of sp³-hybridized carbons (Fsp3) is 0.462. The van der Waals surface area contributed by atoms with Crippen molar-refractivity contribution in [2.45, 2.75) is 19.4 Å². The topological polar surface area (TPSA) is 88.0 Å². The van der Waals surface area contributed by atoms with Gasteiger partial charge in [0.25, 0.3) is 0 Å². The van der Waals surface area contributed by atoms with E-state index in [9.17, 15) is 4.79 Å². The molecule has 0 aliphatic carbocycles. The first-order valence-electron chi connectivity index (χ1n) is 5.98. The van der Waals surface area contributed by atoms with Crippen LogP contribution in [0.15, 0.2) is 18.2 Å². The number of aliphatic hydroxyl groups is 1. The first-order valence-corrected chi connectivity index (χ1v) is 5.98. The van der Waals surface area contributed by atoms with Crippen LogP contribution < -0.4 is 14.8 Å². The molecule has 0 saturated carbocycles. The molecular formula is C13H19NO5. The van der Waals surface area contributed by atoms with Crippen molar-refractivity contribution in [1.82, 2.24) is 5.32 Å². The van der Waals surface area contributed by atoms with Crippen LogP contribution in [-0.4, -0.2) is 42.7 Å². The maximum absolute atomic E-state index is 9.45. The van der Waals surface area contributed by atoms with Crippen LogP contribution in [0.3, 0.4) is 0 Å². The van der Waals surface area contributed by atoms with E-state index in [4.69, 9.17) is 19.7 Å². The molecule has 1 aliphatic rings. The zero-order valence-electron chi connectivity index (χ0n) is 11.0. The highest BCUT2D eigenvalue weighted by atomic mass is 16.7. The molecular weight excluding hydrogens is 250 g/mol. The minimum absolute atomic E-state index is 0.352. The molecule has 0 radical (unpaired) electrons. The Morgan fingerprint density at radius 1 is 1.42 bits per heavy atom. The van der Waals surface area contributed by atoms with Crippen molar-refractivity contribution in [2.75, 3.05) is 20.4 Å². The summed E-state index contributed by atoms with van der Waals surface area (Å²) in [5, 5.41) is 18.9. The number of carboxylic acids is 1. The molecule has 1 aromatic rings. The Bertz CT molecular complexity index is 419. The fourth-order valence-electron chi connectivity index (χ4n) is 1.37. The monoisotopic (exact) mass is 269 g/mol. The van der Waals surface area contributed by atoms with Crippen molar-refractivity contribution in [1.29, 1.82) is 0 Å². The molecule has 3 N–H and O–H groups in total. The van der Waals surface area contributed by atoms with Crippen LogP contribution in [0.2, 0.25) is 0 Å². The third-order valence-electron chi connectivity index (χ3n) is 2.46. The third-order valence-corrected chi connectivity index (χ3v) is 2.46. The SMILES string of the molecule is CC(O)C(=O)O.CNCCc1ccc2c(c1)OCO2. The normalized spacial score (nSPS) is 13.4. The molecule has 0 amide bonds. The first kappa shape index (κ1) is 15.3. The minimum Gasteiger partial charge on any atom is -0.479 e. The summed E-state index contributed by atoms with van der Waals surface area (Å²) in [4.78, 5) is 9.45. The second-order valence-corrected chi connectivity index (χ2v) is 4.06. The second-order valence-electron chi connectivity index (χ2n) is 4.06. The zero-order valence-corrected chi connectivity index (χ0v) is 11.0. The minimum atomic E-state index is -1.23. The summed E-state index contributed by atoms with van der Waals surface area (Å²) in [6.45, 7) is 2.53. The number of benzene rings is 1. The summed E-state index contributed by atoms with van der Waals surface area (Å²) in [6.07, 6.45) is -0.211. The average molecular weight is 269 g/mol. The van der Waals surface area contributed by atoms with Gasteiger partial charge >= 0.3 is 5.97 Å². The van der Waals surface area contributed by atoms with Crippen LogP contribution in [0.4, 0.5) is 0 Å². The van der Waals surface area contributed by atoms with Gasteiger partial charge in [-0.05, 0) is 44.6 Å². The van der Waals surface area contributed by atoms with Crippen molar-refractivity contribution < 1.29 is 24.5 Å². The van der Waals surface area contributed by atoms with Crippen LogP contribution in [0.5, 0.6) is 11.5 Å². The lowest BCUT2D eigenvalue weighted by Gasteiger charge is -2.01. The summed E-state index contributed by atoms with van der Waals surface area (Å²) < 4.78 is 10.5. The van der Waals surface area contributed by atoms with E-state index in [0.717, 1.165) is 24.5 Å². The smallest absolute Gasteiger partial charge is 0.332 e. The maximum atomic E-state index is 9.45. The fourth-order valence-corrected chi connectivity index (χ4v) is 1.37. The quantitative estimate of drug-likeness (QED) is 0.743. The second kappa shape index (κ2) is 7.60. The van der Waals surface area contributed by atoms with E-state index in [2.05, 4.69) is 11.4 Å². The van der Waals surface area contributed by atoms with E-state index >= 15 is 0 Å². The Morgan fingerprint density at radius 3 is 2.63 bits per heavy atom. The molecule has 0 fully saturated rings. The van der Waals surface area contributed by atoms with Gasteiger partial charge in [-0.1, -0.05) is 6.07 Å². The molecule has 1 heterocycles. The van der Waals surface area contributed by atoms with Gasteiger partial charge in [-0.2, -0.15) is 0 Å². The summed E-state index contributed by atoms with van der Waals surface area (Å²) in [7, 11) is 1.95. The van der Waals surface area contributed by atoms with Gasteiger partial charge in [0, 0.05) is 0 Å². The summed E-state index contributed by atoms with van der Waals surface area (Å²) >= 11 is 0.